The van der Waals surface area contributed by atoms with Crippen LogP contribution in [0.5, 0.6) is 0 Å². The normalized spacial score (nSPS) is 17.3. The Bertz CT molecular complexity index is 1380. The molecule has 33 heavy (non-hydrogen) atoms. The number of hydrogen-bond acceptors (Lipinski definition) is 7. The summed E-state index contributed by atoms with van der Waals surface area (Å²) in [6, 6.07) is 8.34. The van der Waals surface area contributed by atoms with E-state index in [0.717, 1.165) is 60.9 Å². The first-order valence-electron chi connectivity index (χ1n) is 11.3. The van der Waals surface area contributed by atoms with E-state index in [0.29, 0.717) is 22.9 Å². The fraction of sp³-hybridized carbons (Fsp3) is 0.400. The van der Waals surface area contributed by atoms with Gasteiger partial charge in [0.25, 0.3) is 0 Å². The zero-order valence-electron chi connectivity index (χ0n) is 19.5. The van der Waals surface area contributed by atoms with Crippen LogP contribution >= 0.6 is 0 Å². The molecule has 0 saturated carbocycles. The van der Waals surface area contributed by atoms with Gasteiger partial charge in [0.2, 0.25) is 0 Å². The minimum Gasteiger partial charge on any atom is -0.421 e. The average molecular weight is 448 g/mol. The van der Waals surface area contributed by atoms with Gasteiger partial charge in [0.1, 0.15) is 5.69 Å². The van der Waals surface area contributed by atoms with Gasteiger partial charge in [0.05, 0.1) is 23.4 Å². The van der Waals surface area contributed by atoms with Gasteiger partial charge in [-0.3, -0.25) is 9.88 Å². The number of methoxy groups -OCH3 is 1. The van der Waals surface area contributed by atoms with Crippen LogP contribution in [-0.4, -0.2) is 65.2 Å². The summed E-state index contributed by atoms with van der Waals surface area (Å²) in [6.45, 7) is 10.6. The van der Waals surface area contributed by atoms with Crippen LogP contribution in [-0.2, 0) is 4.74 Å². The second-order valence-corrected chi connectivity index (χ2v) is 8.82. The van der Waals surface area contributed by atoms with Crippen LogP contribution in [0.2, 0.25) is 0 Å². The first-order chi connectivity index (χ1) is 15.9. The van der Waals surface area contributed by atoms with Gasteiger partial charge in [0, 0.05) is 57.4 Å². The van der Waals surface area contributed by atoms with Gasteiger partial charge in [-0.2, -0.15) is 0 Å². The van der Waals surface area contributed by atoms with E-state index in [-0.39, 0.29) is 5.63 Å². The zero-order chi connectivity index (χ0) is 23.1. The van der Waals surface area contributed by atoms with Crippen LogP contribution in [0, 0.1) is 13.8 Å². The molecule has 8 heteroatoms. The van der Waals surface area contributed by atoms with Crippen molar-refractivity contribution in [1.82, 2.24) is 19.3 Å². The maximum atomic E-state index is 12.9. The predicted molar refractivity (Wildman–Crippen MR) is 129 cm³/mol. The maximum absolute atomic E-state index is 12.9. The van der Waals surface area contributed by atoms with Crippen LogP contribution in [0.3, 0.4) is 0 Å². The Kier molecular flexibility index (Phi) is 5.64. The van der Waals surface area contributed by atoms with Crippen molar-refractivity contribution in [3.8, 4) is 11.5 Å². The summed E-state index contributed by atoms with van der Waals surface area (Å²) in [5.41, 5.74) is 3.82. The summed E-state index contributed by atoms with van der Waals surface area (Å²) in [7, 11) is 1.74. The third kappa shape index (κ3) is 4.12. The Hall–Kier alpha value is -3.23. The molecule has 0 amide bonds. The van der Waals surface area contributed by atoms with Gasteiger partial charge < -0.3 is 18.5 Å². The number of piperazine rings is 1. The van der Waals surface area contributed by atoms with E-state index in [1.54, 1.807) is 7.11 Å². The average Bonchev–Trinajstić information content (AvgIpc) is 3.22. The molecule has 0 N–H and O–H groups in total. The number of nitrogens with zero attached hydrogens (tertiary/aromatic N) is 5. The number of benzene rings is 1. The second-order valence-electron chi connectivity index (χ2n) is 8.82. The standard InChI is InChI=1S/C25H29N5O3/c1-16-13-30-15-22(27-24(30)18(3)26-16)23-11-19-5-6-20(12-21(19)25(31)33-23)29-8-7-28(9-10-32-4)17(2)14-29/h5-6,11-13,15,17H,7-10,14H2,1-4H3/t17-/m1/s1. The topological polar surface area (TPSA) is 76.1 Å². The number of anilines is 1. The lowest BCUT2D eigenvalue weighted by Gasteiger charge is -2.41. The number of aromatic nitrogens is 3. The van der Waals surface area contributed by atoms with Gasteiger partial charge in [-0.15, -0.1) is 0 Å². The van der Waals surface area contributed by atoms with E-state index in [1.165, 1.54) is 0 Å². The molecule has 1 aliphatic heterocycles. The molecule has 1 fully saturated rings. The number of fused-ring (bicyclic) bond motifs is 2. The summed E-state index contributed by atoms with van der Waals surface area (Å²) in [4.78, 5) is 26.8. The number of aryl methyl sites for hydroxylation is 2. The van der Waals surface area contributed by atoms with Crippen LogP contribution < -0.4 is 10.5 Å². The predicted octanol–water partition coefficient (Wildman–Crippen LogP) is 3.28. The number of imidazole rings is 1. The molecule has 0 bridgehead atoms. The van der Waals surface area contributed by atoms with E-state index in [1.807, 2.05) is 48.8 Å². The lowest BCUT2D eigenvalue weighted by Crippen LogP contribution is -2.52. The Morgan fingerprint density at radius 3 is 2.79 bits per heavy atom. The quantitative estimate of drug-likeness (QED) is 0.465. The third-order valence-electron chi connectivity index (χ3n) is 6.44. The summed E-state index contributed by atoms with van der Waals surface area (Å²) >= 11 is 0. The molecular formula is C25H29N5O3. The molecule has 8 nitrogen and oxygen atoms in total. The fourth-order valence-electron chi connectivity index (χ4n) is 4.69. The summed E-state index contributed by atoms with van der Waals surface area (Å²) < 4.78 is 12.9. The third-order valence-corrected chi connectivity index (χ3v) is 6.44. The van der Waals surface area contributed by atoms with Crippen molar-refractivity contribution >= 4 is 22.1 Å². The van der Waals surface area contributed by atoms with Gasteiger partial charge in [-0.25, -0.2) is 9.78 Å². The smallest absolute Gasteiger partial charge is 0.344 e. The summed E-state index contributed by atoms with van der Waals surface area (Å²) in [5, 5.41) is 1.43. The highest BCUT2D eigenvalue weighted by Gasteiger charge is 2.24. The summed E-state index contributed by atoms with van der Waals surface area (Å²) in [5.74, 6) is 0.460. The van der Waals surface area contributed by atoms with Gasteiger partial charge in [-0.1, -0.05) is 6.07 Å². The molecule has 1 saturated heterocycles. The Morgan fingerprint density at radius 1 is 1.15 bits per heavy atom. The minimum atomic E-state index is -0.348. The molecule has 0 radical (unpaired) electrons. The van der Waals surface area contributed by atoms with Crippen LogP contribution in [0.4, 0.5) is 5.69 Å². The summed E-state index contributed by atoms with van der Waals surface area (Å²) in [6.07, 6.45) is 3.79. The molecular weight excluding hydrogens is 418 g/mol. The number of hydrogen-bond donors (Lipinski definition) is 0. The van der Waals surface area contributed by atoms with Crippen molar-refractivity contribution in [2.75, 3.05) is 44.8 Å². The number of ether oxygens (including phenoxy) is 1. The molecule has 1 atom stereocenters. The van der Waals surface area contributed by atoms with E-state index in [2.05, 4.69) is 32.8 Å². The maximum Gasteiger partial charge on any atom is 0.344 e. The van der Waals surface area contributed by atoms with Crippen molar-refractivity contribution in [3.63, 3.8) is 0 Å². The van der Waals surface area contributed by atoms with Crippen molar-refractivity contribution in [2.45, 2.75) is 26.8 Å². The van der Waals surface area contributed by atoms with Crippen molar-refractivity contribution in [3.05, 3.63) is 58.5 Å². The molecule has 0 spiro atoms. The lowest BCUT2D eigenvalue weighted by molar-refractivity contribution is 0.117. The SMILES string of the molecule is COCCN1CCN(c2ccc3cc(-c4cn5cc(C)nc(C)c5n4)oc(=O)c3c2)C[C@H]1C. The van der Waals surface area contributed by atoms with Crippen molar-refractivity contribution in [1.29, 1.82) is 0 Å². The highest BCUT2D eigenvalue weighted by Crippen LogP contribution is 2.27. The molecule has 1 aliphatic rings. The molecule has 0 unspecified atom stereocenters. The first kappa shape index (κ1) is 21.6. The monoisotopic (exact) mass is 447 g/mol. The van der Waals surface area contributed by atoms with Gasteiger partial charge in [0.15, 0.2) is 11.4 Å². The molecule has 5 rings (SSSR count). The molecule has 4 heterocycles. The van der Waals surface area contributed by atoms with E-state index in [9.17, 15) is 4.79 Å². The minimum absolute atomic E-state index is 0.348. The van der Waals surface area contributed by atoms with Crippen LogP contribution in [0.15, 0.2) is 45.9 Å². The highest BCUT2D eigenvalue weighted by atomic mass is 16.5. The van der Waals surface area contributed by atoms with Crippen molar-refractivity contribution in [2.24, 2.45) is 0 Å². The van der Waals surface area contributed by atoms with Crippen LogP contribution in [0.25, 0.3) is 27.9 Å². The van der Waals surface area contributed by atoms with Gasteiger partial charge >= 0.3 is 5.63 Å². The second kappa shape index (κ2) is 8.61. The Balaban J connectivity index is 1.44. The molecule has 4 aromatic rings. The van der Waals surface area contributed by atoms with E-state index >= 15 is 0 Å². The fourth-order valence-corrected chi connectivity index (χ4v) is 4.69. The molecule has 172 valence electrons. The molecule has 3 aromatic heterocycles. The Morgan fingerprint density at radius 2 is 2.00 bits per heavy atom. The van der Waals surface area contributed by atoms with E-state index in [4.69, 9.17) is 9.15 Å². The Labute approximate surface area is 192 Å². The van der Waals surface area contributed by atoms with Gasteiger partial charge in [-0.05, 0) is 44.4 Å². The zero-order valence-corrected chi connectivity index (χ0v) is 19.5. The lowest BCUT2D eigenvalue weighted by atomic mass is 10.1. The molecule has 1 aromatic carbocycles. The largest absolute Gasteiger partial charge is 0.421 e. The van der Waals surface area contributed by atoms with E-state index < -0.39 is 0 Å². The highest BCUT2D eigenvalue weighted by molar-refractivity contribution is 5.87. The number of rotatable bonds is 5. The first-order valence-corrected chi connectivity index (χ1v) is 11.3. The van der Waals surface area contributed by atoms with Crippen LogP contribution in [0.1, 0.15) is 18.3 Å². The van der Waals surface area contributed by atoms with Crippen molar-refractivity contribution < 1.29 is 9.15 Å². The molecule has 0 aliphatic carbocycles.